The van der Waals surface area contributed by atoms with Crippen molar-refractivity contribution in [3.05, 3.63) is 65.2 Å². The first-order valence-electron chi connectivity index (χ1n) is 7.42. The van der Waals surface area contributed by atoms with E-state index in [1.165, 1.54) is 25.3 Å². The molecule has 2 N–H and O–H groups in total. The summed E-state index contributed by atoms with van der Waals surface area (Å²) in [4.78, 5) is 24.0. The third kappa shape index (κ3) is 3.81. The predicted molar refractivity (Wildman–Crippen MR) is 90.7 cm³/mol. The van der Waals surface area contributed by atoms with Crippen LogP contribution in [0.2, 0.25) is 0 Å². The summed E-state index contributed by atoms with van der Waals surface area (Å²) >= 11 is 0. The molecule has 0 aliphatic rings. The maximum atomic E-state index is 12.3. The summed E-state index contributed by atoms with van der Waals surface area (Å²) in [6, 6.07) is 10.6. The van der Waals surface area contributed by atoms with Gasteiger partial charge in [0.2, 0.25) is 0 Å². The number of hydrogen-bond donors (Lipinski definition) is 2. The number of ketones is 2. The molecule has 0 unspecified atom stereocenters. The van der Waals surface area contributed by atoms with Crippen LogP contribution in [0.25, 0.3) is 5.76 Å². The Balaban J connectivity index is 2.31. The van der Waals surface area contributed by atoms with Crippen molar-refractivity contribution in [2.75, 3.05) is 7.11 Å². The minimum atomic E-state index is -0.591. The molecular weight excluding hydrogens is 308 g/mol. The first kappa shape index (κ1) is 17.3. The van der Waals surface area contributed by atoms with Crippen LogP contribution in [-0.2, 0) is 0 Å². The highest BCUT2D eigenvalue weighted by Crippen LogP contribution is 2.23. The van der Waals surface area contributed by atoms with Crippen LogP contribution < -0.4 is 4.74 Å². The van der Waals surface area contributed by atoms with Crippen LogP contribution in [0.3, 0.4) is 0 Å². The van der Waals surface area contributed by atoms with Crippen LogP contribution in [0.5, 0.6) is 11.5 Å². The lowest BCUT2D eigenvalue weighted by atomic mass is 10.0. The van der Waals surface area contributed by atoms with Gasteiger partial charge in [-0.15, -0.1) is 0 Å². The van der Waals surface area contributed by atoms with Crippen LogP contribution in [-0.4, -0.2) is 28.9 Å². The molecule has 5 nitrogen and oxygen atoms in total. The van der Waals surface area contributed by atoms with Gasteiger partial charge in [-0.05, 0) is 42.5 Å². The van der Waals surface area contributed by atoms with E-state index in [1.54, 1.807) is 31.2 Å². The number of carbonyl (C=O) groups is 2. The van der Waals surface area contributed by atoms with E-state index in [2.05, 4.69) is 0 Å². The number of hydrogen-bond acceptors (Lipinski definition) is 5. The molecular formula is C19H18O5. The molecule has 0 aromatic heterocycles. The molecule has 0 bridgehead atoms. The monoisotopic (exact) mass is 326 g/mol. The zero-order valence-electron chi connectivity index (χ0n) is 13.4. The fourth-order valence-electron chi connectivity index (χ4n) is 2.16. The highest BCUT2D eigenvalue weighted by atomic mass is 16.5. The molecule has 0 atom stereocenters. The van der Waals surface area contributed by atoms with Gasteiger partial charge in [-0.2, -0.15) is 0 Å². The maximum absolute atomic E-state index is 12.3. The fraction of sp³-hybridized carbons (Fsp3) is 0.158. The van der Waals surface area contributed by atoms with E-state index in [4.69, 9.17) is 4.74 Å². The number of ether oxygens (including phenoxy) is 1. The normalized spacial score (nSPS) is 11.2. The van der Waals surface area contributed by atoms with E-state index in [-0.39, 0.29) is 22.9 Å². The van der Waals surface area contributed by atoms with Gasteiger partial charge in [0, 0.05) is 23.6 Å². The lowest BCUT2D eigenvalue weighted by molar-refractivity contribution is 0.0988. The quantitative estimate of drug-likeness (QED) is 0.479. The first-order chi connectivity index (χ1) is 11.5. The van der Waals surface area contributed by atoms with Crippen LogP contribution >= 0.6 is 0 Å². The molecule has 0 fully saturated rings. The van der Waals surface area contributed by atoms with Gasteiger partial charge in [-0.25, -0.2) is 0 Å². The largest absolute Gasteiger partial charge is 0.507 e. The predicted octanol–water partition coefficient (Wildman–Crippen LogP) is 3.78. The average Bonchev–Trinajstić information content (AvgIpc) is 2.61. The third-order valence-electron chi connectivity index (χ3n) is 3.56. The van der Waals surface area contributed by atoms with Gasteiger partial charge in [0.1, 0.15) is 17.3 Å². The molecule has 0 spiro atoms. The number of rotatable bonds is 6. The van der Waals surface area contributed by atoms with Gasteiger partial charge >= 0.3 is 0 Å². The van der Waals surface area contributed by atoms with Gasteiger partial charge in [0.15, 0.2) is 11.6 Å². The second-order valence-corrected chi connectivity index (χ2v) is 5.13. The van der Waals surface area contributed by atoms with E-state index in [1.807, 2.05) is 0 Å². The molecule has 2 rings (SSSR count). The Kier molecular flexibility index (Phi) is 5.37. The Morgan fingerprint density at radius 3 is 2.29 bits per heavy atom. The van der Waals surface area contributed by atoms with E-state index in [0.717, 1.165) is 6.08 Å². The molecule has 0 aliphatic heterocycles. The summed E-state index contributed by atoms with van der Waals surface area (Å²) in [5.41, 5.74) is 0.745. The van der Waals surface area contributed by atoms with Crippen molar-refractivity contribution in [1.29, 1.82) is 0 Å². The molecule has 0 heterocycles. The van der Waals surface area contributed by atoms with Gasteiger partial charge in [0.05, 0.1) is 12.7 Å². The minimum absolute atomic E-state index is 0.0330. The van der Waals surface area contributed by atoms with Crippen molar-refractivity contribution in [2.45, 2.75) is 13.3 Å². The Morgan fingerprint density at radius 1 is 1.08 bits per heavy atom. The van der Waals surface area contributed by atoms with Gasteiger partial charge in [0.25, 0.3) is 0 Å². The van der Waals surface area contributed by atoms with Crippen molar-refractivity contribution in [3.8, 4) is 11.5 Å². The highest BCUT2D eigenvalue weighted by Gasteiger charge is 2.14. The zero-order chi connectivity index (χ0) is 17.7. The van der Waals surface area contributed by atoms with Crippen molar-refractivity contribution >= 4 is 17.3 Å². The van der Waals surface area contributed by atoms with Crippen molar-refractivity contribution < 1.29 is 24.5 Å². The average molecular weight is 326 g/mol. The van der Waals surface area contributed by atoms with Crippen molar-refractivity contribution in [3.63, 3.8) is 0 Å². The Bertz CT molecular complexity index is 788. The molecule has 0 aliphatic carbocycles. The smallest absolute Gasteiger partial charge is 0.193 e. The Morgan fingerprint density at radius 2 is 1.71 bits per heavy atom. The molecule has 2 aromatic rings. The number of aliphatic hydroxyl groups is 1. The number of Topliss-reactive ketones (excluding diaryl/α,β-unsaturated/α-hetero) is 1. The van der Waals surface area contributed by atoms with Crippen LogP contribution in [0.15, 0.2) is 48.5 Å². The van der Waals surface area contributed by atoms with E-state index in [0.29, 0.717) is 23.3 Å². The molecule has 2 aromatic carbocycles. The highest BCUT2D eigenvalue weighted by molar-refractivity contribution is 6.11. The Hall–Kier alpha value is -3.08. The van der Waals surface area contributed by atoms with E-state index in [9.17, 15) is 19.8 Å². The Labute approximate surface area is 139 Å². The molecule has 124 valence electrons. The number of carbonyl (C=O) groups excluding carboxylic acids is 2. The number of benzene rings is 2. The zero-order valence-corrected chi connectivity index (χ0v) is 13.4. The second-order valence-electron chi connectivity index (χ2n) is 5.13. The summed E-state index contributed by atoms with van der Waals surface area (Å²) in [5.74, 6) is -0.582. The molecule has 0 radical (unpaired) electrons. The summed E-state index contributed by atoms with van der Waals surface area (Å²) in [6.07, 6.45) is 1.31. The summed E-state index contributed by atoms with van der Waals surface area (Å²) in [6.45, 7) is 1.71. The second kappa shape index (κ2) is 7.46. The summed E-state index contributed by atoms with van der Waals surface area (Å²) in [5, 5.41) is 19.9. The van der Waals surface area contributed by atoms with Crippen molar-refractivity contribution in [2.24, 2.45) is 0 Å². The molecule has 5 heteroatoms. The minimum Gasteiger partial charge on any atom is -0.507 e. The number of phenolic OH excluding ortho intramolecular Hbond substituents is 1. The lowest BCUT2D eigenvalue weighted by Gasteiger charge is -2.06. The number of allylic oxidation sites excluding steroid dienone is 1. The van der Waals surface area contributed by atoms with Gasteiger partial charge in [-0.1, -0.05) is 6.92 Å². The first-order valence-corrected chi connectivity index (χ1v) is 7.42. The van der Waals surface area contributed by atoms with Crippen LogP contribution in [0.1, 0.15) is 39.6 Å². The summed E-state index contributed by atoms with van der Waals surface area (Å²) < 4.78 is 5.03. The third-order valence-corrected chi connectivity index (χ3v) is 3.56. The fourth-order valence-corrected chi connectivity index (χ4v) is 2.16. The molecule has 0 saturated carbocycles. The number of aliphatic hydroxyl groups excluding tert-OH is 1. The van der Waals surface area contributed by atoms with Gasteiger partial charge in [-0.3, -0.25) is 9.59 Å². The topological polar surface area (TPSA) is 83.8 Å². The molecule has 0 saturated heterocycles. The van der Waals surface area contributed by atoms with Gasteiger partial charge < -0.3 is 14.9 Å². The SMILES string of the molecule is CCC(=O)c1ccc(O)c(C(=O)/C=C(\O)c2ccc(OC)cc2)c1. The lowest BCUT2D eigenvalue weighted by Crippen LogP contribution is -2.02. The van der Waals surface area contributed by atoms with Crippen LogP contribution in [0, 0.1) is 0 Å². The number of aromatic hydroxyl groups is 1. The molecule has 0 amide bonds. The summed E-state index contributed by atoms with van der Waals surface area (Å²) in [7, 11) is 1.53. The van der Waals surface area contributed by atoms with E-state index < -0.39 is 5.78 Å². The number of phenols is 1. The molecule has 24 heavy (non-hydrogen) atoms. The van der Waals surface area contributed by atoms with Crippen LogP contribution in [0.4, 0.5) is 0 Å². The van der Waals surface area contributed by atoms with E-state index >= 15 is 0 Å². The number of methoxy groups -OCH3 is 1. The standard InChI is InChI=1S/C19H18O5/c1-3-16(20)13-6-9-17(21)15(10-13)19(23)11-18(22)12-4-7-14(24-2)8-5-12/h4-11,21-22H,3H2,1-2H3/b18-11-. The van der Waals surface area contributed by atoms with Crippen molar-refractivity contribution in [1.82, 2.24) is 0 Å². The maximum Gasteiger partial charge on any atom is 0.193 e.